The van der Waals surface area contributed by atoms with Crippen LogP contribution in [-0.4, -0.2) is 31.0 Å². The van der Waals surface area contributed by atoms with Crippen molar-refractivity contribution in [1.29, 1.82) is 0 Å². The molecule has 0 unspecified atom stereocenters. The van der Waals surface area contributed by atoms with Crippen LogP contribution in [0.25, 0.3) is 11.8 Å². The van der Waals surface area contributed by atoms with Crippen LogP contribution in [0.15, 0.2) is 28.9 Å². The third-order valence-corrected chi connectivity index (χ3v) is 3.62. The second-order valence-electron chi connectivity index (χ2n) is 4.86. The predicted octanol–water partition coefficient (Wildman–Crippen LogP) is 0.667. The minimum atomic E-state index is 0.117. The number of rotatable bonds is 1. The van der Waals surface area contributed by atoms with E-state index >= 15 is 0 Å². The van der Waals surface area contributed by atoms with E-state index in [1.807, 2.05) is 17.0 Å². The molecule has 0 fully saturated rings. The van der Waals surface area contributed by atoms with Crippen molar-refractivity contribution in [1.82, 2.24) is 4.90 Å². The lowest BCUT2D eigenvalue weighted by atomic mass is 9.98. The van der Waals surface area contributed by atoms with E-state index in [0.717, 1.165) is 29.2 Å². The van der Waals surface area contributed by atoms with Crippen molar-refractivity contribution >= 4 is 17.7 Å². The second kappa shape index (κ2) is 4.53. The van der Waals surface area contributed by atoms with Gasteiger partial charge in [0.25, 0.3) is 0 Å². The molecule has 0 atom stereocenters. The van der Waals surface area contributed by atoms with E-state index in [4.69, 9.17) is 4.74 Å². The number of nitrogens with zero attached hydrogens (tertiary/aromatic N) is 2. The maximum atomic E-state index is 11.4. The first kappa shape index (κ1) is 12.0. The highest BCUT2D eigenvalue weighted by Crippen LogP contribution is 2.28. The normalized spacial score (nSPS) is 18.0. The molecule has 0 saturated carbocycles. The molecule has 2 heterocycles. The van der Waals surface area contributed by atoms with E-state index in [1.54, 1.807) is 20.3 Å². The Balaban J connectivity index is 2.02. The van der Waals surface area contributed by atoms with Crippen LogP contribution < -0.4 is 10.6 Å². The molecule has 0 aliphatic carbocycles. The lowest BCUT2D eigenvalue weighted by Crippen LogP contribution is -2.34. The van der Waals surface area contributed by atoms with Crippen molar-refractivity contribution in [2.45, 2.75) is 13.3 Å². The molecule has 4 nitrogen and oxygen atoms in total. The van der Waals surface area contributed by atoms with Gasteiger partial charge in [-0.1, -0.05) is 0 Å². The highest BCUT2D eigenvalue weighted by molar-refractivity contribution is 5.78. The summed E-state index contributed by atoms with van der Waals surface area (Å²) in [6.07, 6.45) is 2.60. The van der Waals surface area contributed by atoms with Gasteiger partial charge in [-0.05, 0) is 30.2 Å². The lowest BCUT2D eigenvalue weighted by molar-refractivity contribution is -0.128. The number of hydrogen-bond donors (Lipinski definition) is 0. The second-order valence-corrected chi connectivity index (χ2v) is 4.86. The van der Waals surface area contributed by atoms with Crippen molar-refractivity contribution in [3.63, 3.8) is 0 Å². The van der Waals surface area contributed by atoms with Crippen molar-refractivity contribution in [3.8, 4) is 0 Å². The molecule has 2 aliphatic heterocycles. The van der Waals surface area contributed by atoms with Crippen LogP contribution in [0.4, 0.5) is 0 Å². The Kier molecular flexibility index (Phi) is 2.85. The molecule has 3 rings (SSSR count). The SMILES string of the molecule is CO/C=c1/ccc2c(c1)C1=C(CN(C(C)=O)CC1)N=2. The molecule has 0 radical (unpaired) electrons. The van der Waals surface area contributed by atoms with Crippen molar-refractivity contribution in [3.05, 3.63) is 40.0 Å². The van der Waals surface area contributed by atoms with Crippen molar-refractivity contribution in [2.75, 3.05) is 20.2 Å². The summed E-state index contributed by atoms with van der Waals surface area (Å²) in [4.78, 5) is 17.9. The maximum Gasteiger partial charge on any atom is 0.219 e. The molecular weight excluding hydrogens is 240 g/mol. The Morgan fingerprint density at radius 2 is 2.32 bits per heavy atom. The van der Waals surface area contributed by atoms with Crippen LogP contribution in [0, 0.1) is 0 Å². The van der Waals surface area contributed by atoms with Gasteiger partial charge < -0.3 is 9.64 Å². The van der Waals surface area contributed by atoms with Gasteiger partial charge in [-0.25, -0.2) is 0 Å². The van der Waals surface area contributed by atoms with Crippen molar-refractivity contribution in [2.24, 2.45) is 4.99 Å². The number of ether oxygens (including phenoxy) is 1. The largest absolute Gasteiger partial charge is 0.504 e. The average Bonchev–Trinajstić information content (AvgIpc) is 2.76. The van der Waals surface area contributed by atoms with Crippen LogP contribution in [-0.2, 0) is 9.53 Å². The summed E-state index contributed by atoms with van der Waals surface area (Å²) >= 11 is 0. The first-order chi connectivity index (χ1) is 9.19. The Labute approximate surface area is 111 Å². The molecule has 1 aromatic rings. The minimum Gasteiger partial charge on any atom is -0.504 e. The third-order valence-electron chi connectivity index (χ3n) is 3.62. The number of carbonyl (C=O) groups is 1. The van der Waals surface area contributed by atoms with E-state index < -0.39 is 0 Å². The highest BCUT2D eigenvalue weighted by atomic mass is 16.5. The highest BCUT2D eigenvalue weighted by Gasteiger charge is 2.25. The fourth-order valence-electron chi connectivity index (χ4n) is 2.66. The Bertz CT molecular complexity index is 689. The molecule has 1 amide bonds. The summed E-state index contributed by atoms with van der Waals surface area (Å²) in [7, 11) is 1.65. The van der Waals surface area contributed by atoms with E-state index in [-0.39, 0.29) is 5.91 Å². The zero-order valence-electron chi connectivity index (χ0n) is 11.1. The molecule has 0 bridgehead atoms. The van der Waals surface area contributed by atoms with Gasteiger partial charge in [-0.3, -0.25) is 9.79 Å². The quantitative estimate of drug-likeness (QED) is 0.741. The Hall–Kier alpha value is -2.10. The molecule has 0 N–H and O–H groups in total. The summed E-state index contributed by atoms with van der Waals surface area (Å²) in [5.74, 6) is 0.117. The monoisotopic (exact) mass is 256 g/mol. The predicted molar refractivity (Wildman–Crippen MR) is 72.5 cm³/mol. The molecule has 19 heavy (non-hydrogen) atoms. The number of benzene rings is 1. The van der Waals surface area contributed by atoms with Crippen molar-refractivity contribution < 1.29 is 9.53 Å². The molecule has 0 saturated heterocycles. The van der Waals surface area contributed by atoms with Crippen LogP contribution in [0.2, 0.25) is 0 Å². The van der Waals surface area contributed by atoms with Gasteiger partial charge in [0.05, 0.1) is 31.0 Å². The van der Waals surface area contributed by atoms with Crippen LogP contribution in [0.1, 0.15) is 18.9 Å². The van der Waals surface area contributed by atoms with Gasteiger partial charge >= 0.3 is 0 Å². The number of fused-ring (bicyclic) bond motifs is 2. The number of hydrogen-bond acceptors (Lipinski definition) is 3. The molecule has 4 heteroatoms. The van der Waals surface area contributed by atoms with Gasteiger partial charge in [-0.2, -0.15) is 0 Å². The number of amides is 1. The standard InChI is InChI=1S/C15H16N2O2/c1-10(18)17-6-5-12-13-7-11(9-19-2)3-4-14(13)16-15(12)8-17/h3-4,7,9H,5-6,8H2,1-2H3/b11-9-. The Morgan fingerprint density at radius 3 is 3.05 bits per heavy atom. The Morgan fingerprint density at radius 1 is 1.47 bits per heavy atom. The number of methoxy groups -OCH3 is 1. The summed E-state index contributed by atoms with van der Waals surface area (Å²) in [5, 5.41) is 2.04. The zero-order chi connectivity index (χ0) is 13.4. The van der Waals surface area contributed by atoms with Gasteiger partial charge in [0.1, 0.15) is 0 Å². The first-order valence-corrected chi connectivity index (χ1v) is 6.39. The molecule has 0 spiro atoms. The first-order valence-electron chi connectivity index (χ1n) is 6.39. The summed E-state index contributed by atoms with van der Waals surface area (Å²) in [6, 6.07) is 6.11. The van der Waals surface area contributed by atoms with Gasteiger partial charge in [-0.15, -0.1) is 0 Å². The fraction of sp³-hybridized carbons (Fsp3) is 0.333. The molecular formula is C15H16N2O2. The third kappa shape index (κ3) is 2.03. The maximum absolute atomic E-state index is 11.4. The zero-order valence-corrected chi connectivity index (χ0v) is 11.1. The van der Waals surface area contributed by atoms with Crippen LogP contribution in [0.3, 0.4) is 0 Å². The molecule has 1 aromatic carbocycles. The summed E-state index contributed by atoms with van der Waals surface area (Å²) in [6.45, 7) is 3.02. The van der Waals surface area contributed by atoms with E-state index in [1.165, 1.54) is 11.1 Å². The van der Waals surface area contributed by atoms with E-state index in [9.17, 15) is 4.79 Å². The van der Waals surface area contributed by atoms with E-state index in [2.05, 4.69) is 11.1 Å². The fourth-order valence-corrected chi connectivity index (χ4v) is 2.66. The van der Waals surface area contributed by atoms with Gasteiger partial charge in [0, 0.05) is 24.3 Å². The lowest BCUT2D eigenvalue weighted by Gasteiger charge is -2.26. The van der Waals surface area contributed by atoms with Gasteiger partial charge in [0.2, 0.25) is 5.91 Å². The summed E-state index contributed by atoms with van der Waals surface area (Å²) < 4.78 is 5.05. The molecule has 0 aromatic heterocycles. The van der Waals surface area contributed by atoms with Gasteiger partial charge in [0.15, 0.2) is 0 Å². The van der Waals surface area contributed by atoms with E-state index in [0.29, 0.717) is 6.54 Å². The topological polar surface area (TPSA) is 41.9 Å². The number of carbonyl (C=O) groups excluding carboxylic acids is 1. The average molecular weight is 256 g/mol. The minimum absolute atomic E-state index is 0.117. The molecule has 98 valence electrons. The van der Waals surface area contributed by atoms with Crippen LogP contribution >= 0.6 is 0 Å². The summed E-state index contributed by atoms with van der Waals surface area (Å²) in [5.41, 5.74) is 3.49. The molecule has 2 aliphatic rings. The smallest absolute Gasteiger partial charge is 0.219 e. The van der Waals surface area contributed by atoms with Crippen LogP contribution in [0.5, 0.6) is 0 Å².